The minimum Gasteiger partial charge on any atom is -0.473 e. The van der Waals surface area contributed by atoms with E-state index in [1.54, 1.807) is 12.4 Å². The van der Waals surface area contributed by atoms with Gasteiger partial charge in [-0.25, -0.2) is 4.98 Å². The summed E-state index contributed by atoms with van der Waals surface area (Å²) in [5.41, 5.74) is 6.35. The Kier molecular flexibility index (Phi) is 3.72. The van der Waals surface area contributed by atoms with E-state index in [9.17, 15) is 0 Å². The smallest absolute Gasteiger partial charge is 0.237 e. The van der Waals surface area contributed by atoms with Gasteiger partial charge in [0.1, 0.15) is 11.8 Å². The molecule has 0 saturated heterocycles. The van der Waals surface area contributed by atoms with Crippen LogP contribution in [0.4, 0.5) is 0 Å². The second-order valence-electron chi connectivity index (χ2n) is 4.51. The summed E-state index contributed by atoms with van der Waals surface area (Å²) in [6.45, 7) is 2.68. The summed E-state index contributed by atoms with van der Waals surface area (Å²) in [5.74, 6) is 1.44. The summed E-state index contributed by atoms with van der Waals surface area (Å²) in [6, 6.07) is 0. The first-order chi connectivity index (χ1) is 7.79. The van der Waals surface area contributed by atoms with Crippen molar-refractivity contribution < 1.29 is 4.74 Å². The second kappa shape index (κ2) is 5.25. The maximum absolute atomic E-state index is 5.87. The van der Waals surface area contributed by atoms with Crippen molar-refractivity contribution in [1.29, 1.82) is 0 Å². The second-order valence-corrected chi connectivity index (χ2v) is 4.51. The molecule has 1 fully saturated rings. The van der Waals surface area contributed by atoms with Crippen molar-refractivity contribution in [2.75, 3.05) is 0 Å². The van der Waals surface area contributed by atoms with Crippen LogP contribution in [-0.2, 0) is 6.54 Å². The highest BCUT2D eigenvalue weighted by Gasteiger charge is 2.20. The number of nitrogens with zero attached hydrogens (tertiary/aromatic N) is 2. The fraction of sp³-hybridized carbons (Fsp3) is 0.667. The largest absolute Gasteiger partial charge is 0.473 e. The van der Waals surface area contributed by atoms with E-state index in [1.807, 2.05) is 0 Å². The van der Waals surface area contributed by atoms with Gasteiger partial charge in [-0.1, -0.05) is 6.92 Å². The standard InChI is InChI=1S/C12H19N3O/c1-9-2-4-10(5-3-9)16-12-11(8-13)14-6-7-15-12/h6-7,9-10H,2-5,8,13H2,1H3. The maximum atomic E-state index is 5.87. The average molecular weight is 221 g/mol. The summed E-state index contributed by atoms with van der Waals surface area (Å²) >= 11 is 0. The minimum atomic E-state index is 0.290. The van der Waals surface area contributed by atoms with Gasteiger partial charge >= 0.3 is 0 Å². The van der Waals surface area contributed by atoms with Crippen LogP contribution >= 0.6 is 0 Å². The molecule has 2 rings (SSSR count). The Morgan fingerprint density at radius 3 is 2.62 bits per heavy atom. The van der Waals surface area contributed by atoms with Crippen molar-refractivity contribution in [3.8, 4) is 5.88 Å². The van der Waals surface area contributed by atoms with Gasteiger partial charge in [0.15, 0.2) is 0 Å². The number of nitrogens with two attached hydrogens (primary N) is 1. The van der Waals surface area contributed by atoms with Gasteiger partial charge in [-0.05, 0) is 31.6 Å². The van der Waals surface area contributed by atoms with E-state index in [0.717, 1.165) is 24.5 Å². The zero-order valence-corrected chi connectivity index (χ0v) is 9.72. The monoisotopic (exact) mass is 221 g/mol. The molecule has 4 nitrogen and oxygen atoms in total. The van der Waals surface area contributed by atoms with Crippen LogP contribution in [0.25, 0.3) is 0 Å². The lowest BCUT2D eigenvalue weighted by atomic mass is 9.89. The zero-order valence-electron chi connectivity index (χ0n) is 9.72. The fourth-order valence-corrected chi connectivity index (χ4v) is 2.10. The minimum absolute atomic E-state index is 0.290. The molecule has 0 unspecified atom stereocenters. The van der Waals surface area contributed by atoms with E-state index in [-0.39, 0.29) is 6.10 Å². The van der Waals surface area contributed by atoms with E-state index in [2.05, 4.69) is 16.9 Å². The molecule has 4 heteroatoms. The molecule has 1 aliphatic carbocycles. The molecule has 0 radical (unpaired) electrons. The Hall–Kier alpha value is -1.16. The molecule has 0 aliphatic heterocycles. The van der Waals surface area contributed by atoms with Crippen LogP contribution in [0.2, 0.25) is 0 Å². The molecule has 0 atom stereocenters. The summed E-state index contributed by atoms with van der Waals surface area (Å²) in [7, 11) is 0. The van der Waals surface area contributed by atoms with Gasteiger partial charge in [-0.2, -0.15) is 0 Å². The van der Waals surface area contributed by atoms with Gasteiger partial charge < -0.3 is 10.5 Å². The molecule has 0 aromatic carbocycles. The van der Waals surface area contributed by atoms with Crippen molar-refractivity contribution >= 4 is 0 Å². The highest BCUT2D eigenvalue weighted by atomic mass is 16.5. The van der Waals surface area contributed by atoms with Gasteiger partial charge in [0.2, 0.25) is 5.88 Å². The molecule has 2 N–H and O–H groups in total. The Bertz CT molecular complexity index is 335. The third kappa shape index (κ3) is 2.70. The summed E-state index contributed by atoms with van der Waals surface area (Å²) < 4.78 is 5.87. The molecule has 0 bridgehead atoms. The van der Waals surface area contributed by atoms with Gasteiger partial charge in [0.05, 0.1) is 0 Å². The Balaban J connectivity index is 1.98. The molecule has 1 aliphatic rings. The number of ether oxygens (including phenoxy) is 1. The number of aromatic nitrogens is 2. The molecule has 1 aromatic rings. The van der Waals surface area contributed by atoms with Crippen LogP contribution in [-0.4, -0.2) is 16.1 Å². The van der Waals surface area contributed by atoms with E-state index < -0.39 is 0 Å². The zero-order chi connectivity index (χ0) is 11.4. The van der Waals surface area contributed by atoms with Crippen molar-refractivity contribution in [3.05, 3.63) is 18.1 Å². The molecular formula is C12H19N3O. The fourth-order valence-electron chi connectivity index (χ4n) is 2.10. The van der Waals surface area contributed by atoms with Crippen LogP contribution < -0.4 is 10.5 Å². The number of hydrogen-bond acceptors (Lipinski definition) is 4. The summed E-state index contributed by atoms with van der Waals surface area (Å²) in [4.78, 5) is 8.36. The predicted molar refractivity (Wildman–Crippen MR) is 62.0 cm³/mol. The maximum Gasteiger partial charge on any atom is 0.237 e. The number of rotatable bonds is 3. The first kappa shape index (κ1) is 11.3. The van der Waals surface area contributed by atoms with Gasteiger partial charge in [-0.15, -0.1) is 0 Å². The van der Waals surface area contributed by atoms with E-state index >= 15 is 0 Å². The molecule has 0 amide bonds. The van der Waals surface area contributed by atoms with E-state index in [4.69, 9.17) is 10.5 Å². The molecule has 1 saturated carbocycles. The first-order valence-electron chi connectivity index (χ1n) is 5.96. The van der Waals surface area contributed by atoms with Gasteiger partial charge in [0, 0.05) is 18.9 Å². The predicted octanol–water partition coefficient (Wildman–Crippen LogP) is 1.89. The number of hydrogen-bond donors (Lipinski definition) is 1. The highest BCUT2D eigenvalue weighted by Crippen LogP contribution is 2.27. The Morgan fingerprint density at radius 2 is 1.94 bits per heavy atom. The Morgan fingerprint density at radius 1 is 1.25 bits per heavy atom. The van der Waals surface area contributed by atoms with Crippen molar-refractivity contribution in [2.24, 2.45) is 11.7 Å². The normalized spacial score (nSPS) is 25.4. The summed E-state index contributed by atoms with van der Waals surface area (Å²) in [5, 5.41) is 0. The average Bonchev–Trinajstić information content (AvgIpc) is 2.33. The lowest BCUT2D eigenvalue weighted by Gasteiger charge is -2.26. The highest BCUT2D eigenvalue weighted by molar-refractivity contribution is 5.17. The lowest BCUT2D eigenvalue weighted by Crippen LogP contribution is -2.24. The first-order valence-corrected chi connectivity index (χ1v) is 5.96. The van der Waals surface area contributed by atoms with Crippen molar-refractivity contribution in [2.45, 2.75) is 45.3 Å². The van der Waals surface area contributed by atoms with Crippen molar-refractivity contribution in [3.63, 3.8) is 0 Å². The van der Waals surface area contributed by atoms with Crippen LogP contribution in [0.1, 0.15) is 38.3 Å². The van der Waals surface area contributed by atoms with Crippen molar-refractivity contribution in [1.82, 2.24) is 9.97 Å². The topological polar surface area (TPSA) is 61.0 Å². The molecular weight excluding hydrogens is 202 g/mol. The van der Waals surface area contributed by atoms with E-state index in [1.165, 1.54) is 12.8 Å². The molecule has 1 heterocycles. The van der Waals surface area contributed by atoms with E-state index in [0.29, 0.717) is 12.4 Å². The third-order valence-electron chi connectivity index (χ3n) is 3.17. The van der Waals surface area contributed by atoms with Gasteiger partial charge in [-0.3, -0.25) is 4.98 Å². The van der Waals surface area contributed by atoms with Crippen LogP contribution in [0.3, 0.4) is 0 Å². The summed E-state index contributed by atoms with van der Waals surface area (Å²) in [6.07, 6.45) is 8.30. The third-order valence-corrected chi connectivity index (χ3v) is 3.17. The Labute approximate surface area is 96.2 Å². The van der Waals surface area contributed by atoms with Crippen LogP contribution in [0.15, 0.2) is 12.4 Å². The lowest BCUT2D eigenvalue weighted by molar-refractivity contribution is 0.128. The molecule has 16 heavy (non-hydrogen) atoms. The molecule has 1 aromatic heterocycles. The molecule has 0 spiro atoms. The van der Waals surface area contributed by atoms with Crippen LogP contribution in [0.5, 0.6) is 5.88 Å². The van der Waals surface area contributed by atoms with Crippen LogP contribution in [0, 0.1) is 5.92 Å². The van der Waals surface area contributed by atoms with Gasteiger partial charge in [0.25, 0.3) is 0 Å². The molecule has 88 valence electrons. The SMILES string of the molecule is CC1CCC(Oc2nccnc2CN)CC1. The quantitative estimate of drug-likeness (QED) is 0.846.